The normalized spacial score (nSPS) is 15.8. The first kappa shape index (κ1) is 19.4. The molecule has 1 heterocycles. The van der Waals surface area contributed by atoms with Gasteiger partial charge in [-0.15, -0.1) is 0 Å². The fourth-order valence-corrected chi connectivity index (χ4v) is 2.84. The lowest BCUT2D eigenvalue weighted by molar-refractivity contribution is -0.159. The van der Waals surface area contributed by atoms with Gasteiger partial charge in [0, 0.05) is 16.1 Å². The maximum absolute atomic E-state index is 12.0. The van der Waals surface area contributed by atoms with Crippen molar-refractivity contribution in [3.05, 3.63) is 64.7 Å². The number of hydrogen-bond acceptors (Lipinski definition) is 5. The SMILES string of the molecule is CC1(CC(=O)N/N=C\c2ccccc2OCc2ccccc2Cl)OCCO1. The Morgan fingerprint density at radius 3 is 2.70 bits per heavy atom. The van der Waals surface area contributed by atoms with E-state index in [4.69, 9.17) is 25.8 Å². The van der Waals surface area contributed by atoms with Crippen molar-refractivity contribution in [3.63, 3.8) is 0 Å². The molecule has 0 bridgehead atoms. The zero-order chi connectivity index (χ0) is 19.1. The highest BCUT2D eigenvalue weighted by atomic mass is 35.5. The number of para-hydroxylation sites is 1. The summed E-state index contributed by atoms with van der Waals surface area (Å²) in [6.45, 7) is 3.05. The van der Waals surface area contributed by atoms with Crippen LogP contribution in [0.5, 0.6) is 5.75 Å². The Kier molecular flexibility index (Phi) is 6.45. The van der Waals surface area contributed by atoms with Crippen molar-refractivity contribution in [1.82, 2.24) is 5.43 Å². The van der Waals surface area contributed by atoms with Crippen molar-refractivity contribution in [2.75, 3.05) is 13.2 Å². The van der Waals surface area contributed by atoms with Gasteiger partial charge >= 0.3 is 0 Å². The predicted molar refractivity (Wildman–Crippen MR) is 103 cm³/mol. The van der Waals surface area contributed by atoms with Crippen LogP contribution in [0.1, 0.15) is 24.5 Å². The molecule has 6 nitrogen and oxygen atoms in total. The van der Waals surface area contributed by atoms with Gasteiger partial charge in [0.15, 0.2) is 5.79 Å². The number of hydrogen-bond donors (Lipinski definition) is 1. The third kappa shape index (κ3) is 5.53. The lowest BCUT2D eigenvalue weighted by atomic mass is 10.2. The molecular formula is C20H21ClN2O4. The summed E-state index contributed by atoms with van der Waals surface area (Å²) in [5, 5.41) is 4.66. The number of carbonyl (C=O) groups is 1. The van der Waals surface area contributed by atoms with E-state index in [-0.39, 0.29) is 12.3 Å². The summed E-state index contributed by atoms with van der Waals surface area (Å²) in [4.78, 5) is 12.0. The molecule has 1 amide bonds. The topological polar surface area (TPSA) is 69.2 Å². The summed E-state index contributed by atoms with van der Waals surface area (Å²) in [6, 6.07) is 14.9. The third-order valence-corrected chi connectivity index (χ3v) is 4.40. The quantitative estimate of drug-likeness (QED) is 0.582. The van der Waals surface area contributed by atoms with Crippen LogP contribution in [0.15, 0.2) is 53.6 Å². The molecule has 0 aliphatic carbocycles. The Bertz CT molecular complexity index is 819. The molecule has 0 saturated carbocycles. The molecule has 0 aromatic heterocycles. The molecule has 0 radical (unpaired) electrons. The van der Waals surface area contributed by atoms with Gasteiger partial charge in [-0.2, -0.15) is 5.10 Å². The Hall–Kier alpha value is -2.41. The maximum Gasteiger partial charge on any atom is 0.245 e. The second-order valence-electron chi connectivity index (χ2n) is 6.22. The number of halogens is 1. The standard InChI is InChI=1S/C20H21ClN2O4/c1-20(26-10-11-27-20)12-19(24)23-22-13-15-6-3-5-9-18(15)25-14-16-7-2-4-8-17(16)21/h2-9,13H,10-12,14H2,1H3,(H,23,24)/b22-13-. The van der Waals surface area contributed by atoms with Crippen molar-refractivity contribution in [2.24, 2.45) is 5.10 Å². The first-order valence-corrected chi connectivity index (χ1v) is 8.99. The summed E-state index contributed by atoms with van der Waals surface area (Å²) < 4.78 is 16.7. The smallest absolute Gasteiger partial charge is 0.245 e. The van der Waals surface area contributed by atoms with E-state index in [1.807, 2.05) is 48.5 Å². The second-order valence-corrected chi connectivity index (χ2v) is 6.63. The predicted octanol–water partition coefficient (Wildman–Crippen LogP) is 3.52. The fraction of sp³-hybridized carbons (Fsp3) is 0.300. The molecule has 27 heavy (non-hydrogen) atoms. The molecule has 3 rings (SSSR count). The van der Waals surface area contributed by atoms with Crippen molar-refractivity contribution in [2.45, 2.75) is 25.7 Å². The Balaban J connectivity index is 1.57. The molecule has 7 heteroatoms. The monoisotopic (exact) mass is 388 g/mol. The van der Waals surface area contributed by atoms with E-state index in [1.165, 1.54) is 0 Å². The van der Waals surface area contributed by atoms with Crippen LogP contribution in [0, 0.1) is 0 Å². The molecule has 1 N–H and O–H groups in total. The highest BCUT2D eigenvalue weighted by Gasteiger charge is 2.33. The van der Waals surface area contributed by atoms with Gasteiger partial charge in [0.05, 0.1) is 25.8 Å². The molecular weight excluding hydrogens is 368 g/mol. The van der Waals surface area contributed by atoms with Crippen LogP contribution >= 0.6 is 11.6 Å². The number of amides is 1. The van der Waals surface area contributed by atoms with Crippen molar-refractivity contribution >= 4 is 23.7 Å². The van der Waals surface area contributed by atoms with E-state index in [1.54, 1.807) is 13.1 Å². The summed E-state index contributed by atoms with van der Waals surface area (Å²) >= 11 is 6.16. The molecule has 1 aliphatic heterocycles. The molecule has 1 fully saturated rings. The summed E-state index contributed by atoms with van der Waals surface area (Å²) in [5.41, 5.74) is 4.12. The minimum Gasteiger partial charge on any atom is -0.488 e. The Morgan fingerprint density at radius 1 is 1.22 bits per heavy atom. The van der Waals surface area contributed by atoms with Gasteiger partial charge in [0.2, 0.25) is 5.91 Å². The molecule has 2 aromatic carbocycles. The Morgan fingerprint density at radius 2 is 1.93 bits per heavy atom. The number of rotatable bonds is 7. The summed E-state index contributed by atoms with van der Waals surface area (Å²) in [5.74, 6) is -0.523. The van der Waals surface area contributed by atoms with Gasteiger partial charge in [-0.05, 0) is 25.1 Å². The van der Waals surface area contributed by atoms with Crippen LogP contribution in [0.25, 0.3) is 0 Å². The molecule has 142 valence electrons. The number of benzene rings is 2. The van der Waals surface area contributed by atoms with Gasteiger partial charge in [0.25, 0.3) is 0 Å². The number of hydrazone groups is 1. The van der Waals surface area contributed by atoms with Crippen LogP contribution < -0.4 is 10.2 Å². The van der Waals surface area contributed by atoms with Crippen molar-refractivity contribution in [1.29, 1.82) is 0 Å². The first-order chi connectivity index (χ1) is 13.1. The average Bonchev–Trinajstić information content (AvgIpc) is 3.08. The molecule has 2 aromatic rings. The second kappa shape index (κ2) is 8.99. The third-order valence-electron chi connectivity index (χ3n) is 4.03. The zero-order valence-electron chi connectivity index (χ0n) is 15.0. The van der Waals surface area contributed by atoms with Gasteiger partial charge in [-0.3, -0.25) is 4.79 Å². The molecule has 0 atom stereocenters. The van der Waals surface area contributed by atoms with Gasteiger partial charge in [-0.25, -0.2) is 5.43 Å². The van der Waals surface area contributed by atoms with Crippen LogP contribution in [0.4, 0.5) is 0 Å². The number of nitrogens with one attached hydrogen (secondary N) is 1. The van der Waals surface area contributed by atoms with E-state index < -0.39 is 5.79 Å². The van der Waals surface area contributed by atoms with Crippen LogP contribution in [0.3, 0.4) is 0 Å². The van der Waals surface area contributed by atoms with E-state index in [0.717, 1.165) is 11.1 Å². The lowest BCUT2D eigenvalue weighted by Crippen LogP contribution is -2.33. The molecule has 1 aliphatic rings. The van der Waals surface area contributed by atoms with Crippen LogP contribution in [-0.4, -0.2) is 31.1 Å². The maximum atomic E-state index is 12.0. The van der Waals surface area contributed by atoms with Crippen LogP contribution in [0.2, 0.25) is 5.02 Å². The number of nitrogens with zero attached hydrogens (tertiary/aromatic N) is 1. The summed E-state index contributed by atoms with van der Waals surface area (Å²) in [7, 11) is 0. The van der Waals surface area contributed by atoms with Gasteiger partial charge in [-0.1, -0.05) is 41.9 Å². The average molecular weight is 389 g/mol. The van der Waals surface area contributed by atoms with Crippen molar-refractivity contribution < 1.29 is 19.0 Å². The minimum absolute atomic E-state index is 0.0784. The van der Waals surface area contributed by atoms with Gasteiger partial charge < -0.3 is 14.2 Å². The summed E-state index contributed by atoms with van der Waals surface area (Å²) in [6.07, 6.45) is 1.62. The van der Waals surface area contributed by atoms with E-state index in [0.29, 0.717) is 30.6 Å². The van der Waals surface area contributed by atoms with E-state index in [9.17, 15) is 4.79 Å². The molecule has 0 unspecified atom stereocenters. The minimum atomic E-state index is -0.879. The number of ether oxygens (including phenoxy) is 3. The van der Waals surface area contributed by atoms with Crippen molar-refractivity contribution in [3.8, 4) is 5.75 Å². The van der Waals surface area contributed by atoms with E-state index >= 15 is 0 Å². The Labute approximate surface area is 163 Å². The largest absolute Gasteiger partial charge is 0.488 e. The zero-order valence-corrected chi connectivity index (χ0v) is 15.7. The van der Waals surface area contributed by atoms with Crippen LogP contribution in [-0.2, 0) is 20.9 Å². The molecule has 0 spiro atoms. The fourth-order valence-electron chi connectivity index (χ4n) is 2.65. The molecule has 1 saturated heterocycles. The van der Waals surface area contributed by atoms with Gasteiger partial charge in [0.1, 0.15) is 12.4 Å². The lowest BCUT2D eigenvalue weighted by Gasteiger charge is -2.20. The number of carbonyl (C=O) groups excluding carboxylic acids is 1. The highest BCUT2D eigenvalue weighted by Crippen LogP contribution is 2.22. The highest BCUT2D eigenvalue weighted by molar-refractivity contribution is 6.31. The van der Waals surface area contributed by atoms with E-state index in [2.05, 4.69) is 10.5 Å². The first-order valence-electron chi connectivity index (χ1n) is 8.61.